The summed E-state index contributed by atoms with van der Waals surface area (Å²) in [5.41, 5.74) is 1.21. The number of guanidine groups is 1. The van der Waals surface area contributed by atoms with Crippen LogP contribution in [0, 0.1) is 0 Å². The molecule has 0 aliphatic heterocycles. The van der Waals surface area contributed by atoms with Gasteiger partial charge in [-0.15, -0.1) is 24.0 Å². The maximum atomic E-state index is 5.15. The Kier molecular flexibility index (Phi) is 10.2. The average Bonchev–Trinajstić information content (AvgIpc) is 2.46. The minimum Gasteiger partial charge on any atom is -0.497 e. The third kappa shape index (κ3) is 6.45. The summed E-state index contributed by atoms with van der Waals surface area (Å²) in [7, 11) is 5.57. The molecule has 0 saturated carbocycles. The van der Waals surface area contributed by atoms with Gasteiger partial charge in [-0.2, -0.15) is 0 Å². The maximum Gasteiger partial charge on any atom is 0.193 e. The lowest BCUT2D eigenvalue weighted by Gasteiger charge is -2.21. The molecule has 0 fully saturated rings. The second-order valence-electron chi connectivity index (χ2n) is 4.52. The lowest BCUT2D eigenvalue weighted by atomic mass is 10.2. The van der Waals surface area contributed by atoms with Crippen molar-refractivity contribution < 1.29 is 4.74 Å². The van der Waals surface area contributed by atoms with Crippen molar-refractivity contribution in [3.8, 4) is 5.75 Å². The molecule has 5 heteroatoms. The Hall–Kier alpha value is -0.980. The number of ether oxygens (including phenoxy) is 1. The predicted molar refractivity (Wildman–Crippen MR) is 96.1 cm³/mol. The van der Waals surface area contributed by atoms with Crippen LogP contribution in [0.15, 0.2) is 29.3 Å². The molecule has 1 aromatic carbocycles. The maximum absolute atomic E-state index is 5.15. The Balaban J connectivity index is 0.00000361. The van der Waals surface area contributed by atoms with Gasteiger partial charge in [-0.1, -0.05) is 25.5 Å². The van der Waals surface area contributed by atoms with Crippen LogP contribution in [0.3, 0.4) is 0 Å². The summed E-state index contributed by atoms with van der Waals surface area (Å²) in [5, 5.41) is 3.37. The first kappa shape index (κ1) is 19.0. The van der Waals surface area contributed by atoms with Crippen LogP contribution in [0.1, 0.15) is 25.3 Å². The van der Waals surface area contributed by atoms with Crippen LogP contribution in [0.5, 0.6) is 5.75 Å². The molecule has 0 unspecified atom stereocenters. The van der Waals surface area contributed by atoms with Crippen molar-refractivity contribution in [3.63, 3.8) is 0 Å². The van der Waals surface area contributed by atoms with E-state index in [1.165, 1.54) is 18.4 Å². The summed E-state index contributed by atoms with van der Waals surface area (Å²) < 4.78 is 5.15. The van der Waals surface area contributed by atoms with Gasteiger partial charge in [0.1, 0.15) is 5.75 Å². The molecule has 0 radical (unpaired) electrons. The van der Waals surface area contributed by atoms with Gasteiger partial charge >= 0.3 is 0 Å². The minimum absolute atomic E-state index is 0. The molecule has 0 amide bonds. The van der Waals surface area contributed by atoms with Crippen molar-refractivity contribution in [1.29, 1.82) is 0 Å². The van der Waals surface area contributed by atoms with Gasteiger partial charge in [0.15, 0.2) is 5.96 Å². The number of methoxy groups -OCH3 is 1. The third-order valence-corrected chi connectivity index (χ3v) is 3.03. The van der Waals surface area contributed by atoms with Crippen LogP contribution in [0.25, 0.3) is 0 Å². The van der Waals surface area contributed by atoms with Gasteiger partial charge in [-0.3, -0.25) is 4.99 Å². The first-order valence-corrected chi connectivity index (χ1v) is 6.76. The van der Waals surface area contributed by atoms with E-state index < -0.39 is 0 Å². The minimum atomic E-state index is 0. The van der Waals surface area contributed by atoms with Gasteiger partial charge in [-0.25, -0.2) is 0 Å². The topological polar surface area (TPSA) is 36.9 Å². The summed E-state index contributed by atoms with van der Waals surface area (Å²) in [6.45, 7) is 3.99. The number of unbranched alkanes of at least 4 members (excludes halogenated alkanes) is 1. The van der Waals surface area contributed by atoms with Crippen LogP contribution in [0.4, 0.5) is 0 Å². The summed E-state index contributed by atoms with van der Waals surface area (Å²) in [5.74, 6) is 1.82. The lowest BCUT2D eigenvalue weighted by molar-refractivity contribution is 0.414. The van der Waals surface area contributed by atoms with Crippen LogP contribution >= 0.6 is 24.0 Å². The Morgan fingerprint density at radius 1 is 1.30 bits per heavy atom. The Morgan fingerprint density at radius 3 is 2.45 bits per heavy atom. The first-order valence-electron chi connectivity index (χ1n) is 6.76. The SMILES string of the molecule is CCCCN(C)C(=NC)NCc1ccc(OC)cc1.I. The van der Waals surface area contributed by atoms with Crippen molar-refractivity contribution in [2.24, 2.45) is 4.99 Å². The van der Waals surface area contributed by atoms with Gasteiger partial charge in [-0.05, 0) is 24.1 Å². The molecule has 1 aromatic rings. The summed E-state index contributed by atoms with van der Waals surface area (Å²) in [4.78, 5) is 6.46. The molecule has 1 rings (SSSR count). The second kappa shape index (κ2) is 10.8. The van der Waals surface area contributed by atoms with E-state index in [1.807, 2.05) is 19.2 Å². The molecule has 4 nitrogen and oxygen atoms in total. The van der Waals surface area contributed by atoms with E-state index in [2.05, 4.69) is 41.3 Å². The highest BCUT2D eigenvalue weighted by atomic mass is 127. The van der Waals surface area contributed by atoms with E-state index in [-0.39, 0.29) is 24.0 Å². The number of aliphatic imine (C=N–C) groups is 1. The molecule has 0 spiro atoms. The number of benzene rings is 1. The van der Waals surface area contributed by atoms with Crippen molar-refractivity contribution in [1.82, 2.24) is 10.2 Å². The molecule has 114 valence electrons. The normalized spacial score (nSPS) is 10.7. The standard InChI is InChI=1S/C15H25N3O.HI/c1-5-6-11-18(3)15(16-2)17-12-13-7-9-14(19-4)10-8-13;/h7-10H,5-6,11-12H2,1-4H3,(H,16,17);1H. The van der Waals surface area contributed by atoms with E-state index in [9.17, 15) is 0 Å². The Bertz CT molecular complexity index is 393. The van der Waals surface area contributed by atoms with Crippen LogP contribution in [0.2, 0.25) is 0 Å². The predicted octanol–water partition coefficient (Wildman–Crippen LogP) is 3.12. The fraction of sp³-hybridized carbons (Fsp3) is 0.533. The van der Waals surface area contributed by atoms with Crippen LogP contribution < -0.4 is 10.1 Å². The molecular weight excluding hydrogens is 365 g/mol. The second-order valence-corrected chi connectivity index (χ2v) is 4.52. The quantitative estimate of drug-likeness (QED) is 0.460. The summed E-state index contributed by atoms with van der Waals surface area (Å²) in [6.07, 6.45) is 2.37. The molecule has 0 aromatic heterocycles. The zero-order chi connectivity index (χ0) is 14.1. The van der Waals surface area contributed by atoms with Crippen LogP contribution in [-0.2, 0) is 6.54 Å². The highest BCUT2D eigenvalue weighted by molar-refractivity contribution is 14.0. The summed E-state index contributed by atoms with van der Waals surface area (Å²) in [6, 6.07) is 8.07. The van der Waals surface area contributed by atoms with Gasteiger partial charge in [0.25, 0.3) is 0 Å². The van der Waals surface area contributed by atoms with E-state index >= 15 is 0 Å². The first-order chi connectivity index (χ1) is 9.21. The largest absolute Gasteiger partial charge is 0.497 e. The van der Waals surface area contributed by atoms with Gasteiger partial charge in [0.2, 0.25) is 0 Å². The molecule has 0 saturated heterocycles. The lowest BCUT2D eigenvalue weighted by Crippen LogP contribution is -2.38. The third-order valence-electron chi connectivity index (χ3n) is 3.03. The number of hydrogen-bond donors (Lipinski definition) is 1. The fourth-order valence-electron chi connectivity index (χ4n) is 1.81. The number of rotatable bonds is 6. The number of nitrogens with one attached hydrogen (secondary N) is 1. The number of nitrogens with zero attached hydrogens (tertiary/aromatic N) is 2. The van der Waals surface area contributed by atoms with E-state index in [1.54, 1.807) is 7.11 Å². The van der Waals surface area contributed by atoms with Crippen LogP contribution in [-0.4, -0.2) is 38.6 Å². The molecule has 0 aliphatic rings. The zero-order valence-corrected chi connectivity index (χ0v) is 15.2. The van der Waals surface area contributed by atoms with Crippen molar-refractivity contribution in [2.75, 3.05) is 27.7 Å². The highest BCUT2D eigenvalue weighted by Gasteiger charge is 2.04. The fourth-order valence-corrected chi connectivity index (χ4v) is 1.81. The highest BCUT2D eigenvalue weighted by Crippen LogP contribution is 2.10. The molecule has 20 heavy (non-hydrogen) atoms. The van der Waals surface area contributed by atoms with E-state index in [0.717, 1.165) is 24.8 Å². The van der Waals surface area contributed by atoms with Crippen molar-refractivity contribution in [3.05, 3.63) is 29.8 Å². The molecule has 0 heterocycles. The van der Waals surface area contributed by atoms with E-state index in [4.69, 9.17) is 4.74 Å². The van der Waals surface area contributed by atoms with Gasteiger partial charge in [0.05, 0.1) is 7.11 Å². The summed E-state index contributed by atoms with van der Waals surface area (Å²) >= 11 is 0. The van der Waals surface area contributed by atoms with Gasteiger partial charge < -0.3 is 15.0 Å². The molecule has 0 bridgehead atoms. The zero-order valence-electron chi connectivity index (χ0n) is 12.8. The van der Waals surface area contributed by atoms with E-state index in [0.29, 0.717) is 0 Å². The van der Waals surface area contributed by atoms with Gasteiger partial charge in [0, 0.05) is 27.2 Å². The molecule has 0 aliphatic carbocycles. The Morgan fingerprint density at radius 2 is 1.95 bits per heavy atom. The number of hydrogen-bond acceptors (Lipinski definition) is 2. The Labute approximate surface area is 139 Å². The molecule has 0 atom stereocenters. The van der Waals surface area contributed by atoms with Crippen molar-refractivity contribution >= 4 is 29.9 Å². The average molecular weight is 391 g/mol. The number of halogens is 1. The monoisotopic (exact) mass is 391 g/mol. The molecular formula is C15H26IN3O. The smallest absolute Gasteiger partial charge is 0.193 e. The van der Waals surface area contributed by atoms with Crippen molar-refractivity contribution in [2.45, 2.75) is 26.3 Å². The molecule has 1 N–H and O–H groups in total.